The molecule has 0 aliphatic carbocycles. The third-order valence-corrected chi connectivity index (χ3v) is 5.10. The minimum atomic E-state index is -4.67. The van der Waals surface area contributed by atoms with E-state index in [4.69, 9.17) is 4.52 Å². The van der Waals surface area contributed by atoms with Crippen LogP contribution in [0.25, 0.3) is 0 Å². The van der Waals surface area contributed by atoms with Crippen LogP contribution in [0.3, 0.4) is 0 Å². The van der Waals surface area contributed by atoms with Crippen molar-refractivity contribution in [3.8, 4) is 0 Å². The molecule has 1 atom stereocenters. The topological polar surface area (TPSA) is 79.5 Å². The van der Waals surface area contributed by atoms with Gasteiger partial charge in [0.2, 0.25) is 11.8 Å². The second-order valence-corrected chi connectivity index (χ2v) is 7.20. The van der Waals surface area contributed by atoms with E-state index in [1.54, 1.807) is 11.8 Å². The maximum atomic E-state index is 12.9. The van der Waals surface area contributed by atoms with Crippen molar-refractivity contribution in [1.29, 1.82) is 0 Å². The molecule has 142 valence electrons. The molecule has 1 saturated heterocycles. The van der Waals surface area contributed by atoms with Gasteiger partial charge in [0.1, 0.15) is 0 Å². The van der Waals surface area contributed by atoms with E-state index in [2.05, 4.69) is 10.1 Å². The number of piperidine rings is 1. The fourth-order valence-corrected chi connectivity index (χ4v) is 3.25. The van der Waals surface area contributed by atoms with Gasteiger partial charge in [0.15, 0.2) is 11.4 Å². The number of carbonyl (C=O) groups is 1. The summed E-state index contributed by atoms with van der Waals surface area (Å²) in [7, 11) is 0. The van der Waals surface area contributed by atoms with Crippen molar-refractivity contribution in [2.45, 2.75) is 50.1 Å². The van der Waals surface area contributed by atoms with Crippen LogP contribution in [0.15, 0.2) is 4.52 Å². The van der Waals surface area contributed by atoms with Gasteiger partial charge in [-0.2, -0.15) is 29.9 Å². The van der Waals surface area contributed by atoms with Crippen molar-refractivity contribution in [3.05, 3.63) is 11.7 Å². The number of hydrogen-bond acceptors (Lipinski definition) is 6. The third kappa shape index (κ3) is 4.87. The first-order valence-electron chi connectivity index (χ1n) is 8.02. The van der Waals surface area contributed by atoms with E-state index in [1.165, 1.54) is 4.90 Å². The van der Waals surface area contributed by atoms with E-state index in [1.807, 2.05) is 6.26 Å². The van der Waals surface area contributed by atoms with Crippen LogP contribution in [0.5, 0.6) is 0 Å². The fourth-order valence-electron chi connectivity index (χ4n) is 2.87. The van der Waals surface area contributed by atoms with Crippen molar-refractivity contribution >= 4 is 17.7 Å². The largest absolute Gasteiger partial charge is 0.417 e. The highest BCUT2D eigenvalue weighted by atomic mass is 32.2. The summed E-state index contributed by atoms with van der Waals surface area (Å²) in [4.78, 5) is 17.9. The molecule has 0 spiro atoms. The van der Waals surface area contributed by atoms with E-state index in [0.717, 1.165) is 6.92 Å². The monoisotopic (exact) mass is 381 g/mol. The number of amides is 1. The predicted octanol–water partition coefficient (Wildman–Crippen LogP) is 2.42. The SMILES string of the molecule is CSCc1noc(CCC(=O)N2CCC(C(C)(O)C(F)(F)F)CC2)n1. The number of aliphatic hydroxyl groups is 1. The second kappa shape index (κ2) is 7.94. The lowest BCUT2D eigenvalue weighted by molar-refractivity contribution is -0.275. The predicted molar refractivity (Wildman–Crippen MR) is 85.8 cm³/mol. The molecule has 0 saturated carbocycles. The molecule has 1 N–H and O–H groups in total. The van der Waals surface area contributed by atoms with Gasteiger partial charge in [0, 0.05) is 25.9 Å². The van der Waals surface area contributed by atoms with E-state index >= 15 is 0 Å². The summed E-state index contributed by atoms with van der Waals surface area (Å²) in [6.07, 6.45) is -2.04. The van der Waals surface area contributed by atoms with E-state index in [9.17, 15) is 23.1 Å². The Balaban J connectivity index is 1.81. The molecule has 1 aliphatic heterocycles. The zero-order valence-corrected chi connectivity index (χ0v) is 15.0. The Morgan fingerprint density at radius 3 is 2.60 bits per heavy atom. The van der Waals surface area contributed by atoms with Crippen molar-refractivity contribution in [2.75, 3.05) is 19.3 Å². The van der Waals surface area contributed by atoms with Crippen molar-refractivity contribution in [2.24, 2.45) is 5.92 Å². The van der Waals surface area contributed by atoms with Crippen LogP contribution in [0.4, 0.5) is 13.2 Å². The van der Waals surface area contributed by atoms with Gasteiger partial charge in [-0.15, -0.1) is 0 Å². The van der Waals surface area contributed by atoms with Crippen LogP contribution in [-0.2, 0) is 17.0 Å². The first kappa shape index (κ1) is 20.0. The summed E-state index contributed by atoms with van der Waals surface area (Å²) in [6.45, 7) is 1.21. The quantitative estimate of drug-likeness (QED) is 0.815. The average Bonchev–Trinajstić information content (AvgIpc) is 2.99. The Hall–Kier alpha value is -1.29. The zero-order valence-electron chi connectivity index (χ0n) is 14.2. The van der Waals surface area contributed by atoms with Crippen molar-refractivity contribution < 1.29 is 27.6 Å². The van der Waals surface area contributed by atoms with Gasteiger partial charge in [0.05, 0.1) is 5.75 Å². The number of aromatic nitrogens is 2. The number of rotatable bonds is 6. The Bertz CT molecular complexity index is 584. The molecular weight excluding hydrogens is 359 g/mol. The molecule has 25 heavy (non-hydrogen) atoms. The second-order valence-electron chi connectivity index (χ2n) is 6.34. The maximum Gasteiger partial charge on any atom is 0.417 e. The number of halogens is 3. The minimum Gasteiger partial charge on any atom is -0.380 e. The molecule has 0 radical (unpaired) electrons. The number of hydrogen-bond donors (Lipinski definition) is 1. The third-order valence-electron chi connectivity index (χ3n) is 4.55. The fraction of sp³-hybridized carbons (Fsp3) is 0.800. The first-order chi connectivity index (χ1) is 11.6. The van der Waals surface area contributed by atoms with Crippen LogP contribution in [0.2, 0.25) is 0 Å². The standard InChI is InChI=1S/C15H22F3N3O3S/c1-14(23,15(16,17)18)10-5-7-21(8-6-10)13(22)4-3-12-19-11(9-25-2)20-24-12/h10,23H,3-9H2,1-2H3. The summed E-state index contributed by atoms with van der Waals surface area (Å²) >= 11 is 1.56. The summed E-state index contributed by atoms with van der Waals surface area (Å²) in [5, 5.41) is 13.5. The van der Waals surface area contributed by atoms with Gasteiger partial charge in [-0.05, 0) is 31.9 Å². The molecule has 1 amide bonds. The van der Waals surface area contributed by atoms with Crippen molar-refractivity contribution in [3.63, 3.8) is 0 Å². The Labute approximate surface area is 148 Å². The molecule has 1 aliphatic rings. The Kier molecular flexibility index (Phi) is 6.36. The number of likely N-dealkylation sites (tertiary alicyclic amines) is 1. The number of nitrogens with zero attached hydrogens (tertiary/aromatic N) is 3. The average molecular weight is 381 g/mol. The first-order valence-corrected chi connectivity index (χ1v) is 9.41. The molecule has 0 bridgehead atoms. The molecule has 1 aromatic heterocycles. The number of aryl methyl sites for hydroxylation is 1. The highest BCUT2D eigenvalue weighted by molar-refractivity contribution is 7.97. The summed E-state index contributed by atoms with van der Waals surface area (Å²) in [6, 6.07) is 0. The molecule has 1 unspecified atom stereocenters. The maximum absolute atomic E-state index is 12.9. The number of thioether (sulfide) groups is 1. The molecule has 10 heteroatoms. The highest BCUT2D eigenvalue weighted by Gasteiger charge is 2.55. The summed E-state index contributed by atoms with van der Waals surface area (Å²) in [5.41, 5.74) is -2.72. The molecule has 0 aromatic carbocycles. The number of alkyl halides is 3. The van der Waals surface area contributed by atoms with Crippen molar-refractivity contribution in [1.82, 2.24) is 15.0 Å². The van der Waals surface area contributed by atoms with Crippen LogP contribution in [0.1, 0.15) is 37.9 Å². The molecule has 1 fully saturated rings. The van der Waals surface area contributed by atoms with Gasteiger partial charge in [-0.25, -0.2) is 0 Å². The van der Waals surface area contributed by atoms with Crippen LogP contribution < -0.4 is 0 Å². The van der Waals surface area contributed by atoms with Crippen LogP contribution in [0, 0.1) is 5.92 Å². The summed E-state index contributed by atoms with van der Waals surface area (Å²) < 4.78 is 43.7. The zero-order chi connectivity index (χ0) is 18.7. The van der Waals surface area contributed by atoms with Gasteiger partial charge in [-0.1, -0.05) is 5.16 Å². The van der Waals surface area contributed by atoms with Gasteiger partial charge < -0.3 is 14.5 Å². The molecule has 2 heterocycles. The molecule has 2 rings (SSSR count). The lowest BCUT2D eigenvalue weighted by atomic mass is 9.81. The number of carbonyl (C=O) groups excluding carboxylic acids is 1. The van der Waals surface area contributed by atoms with E-state index in [-0.39, 0.29) is 38.3 Å². The lowest BCUT2D eigenvalue weighted by Crippen LogP contribution is -2.53. The smallest absolute Gasteiger partial charge is 0.380 e. The highest BCUT2D eigenvalue weighted by Crippen LogP contribution is 2.40. The minimum absolute atomic E-state index is 0.122. The normalized spacial score (nSPS) is 19.0. The summed E-state index contributed by atoms with van der Waals surface area (Å²) in [5.74, 6) is 0.526. The lowest BCUT2D eigenvalue weighted by Gasteiger charge is -2.40. The Morgan fingerprint density at radius 2 is 2.04 bits per heavy atom. The molecule has 1 aromatic rings. The van der Waals surface area contributed by atoms with E-state index in [0.29, 0.717) is 23.9 Å². The molecule has 6 nitrogen and oxygen atoms in total. The van der Waals surface area contributed by atoms with E-state index < -0.39 is 17.7 Å². The van der Waals surface area contributed by atoms with Gasteiger partial charge >= 0.3 is 6.18 Å². The van der Waals surface area contributed by atoms with Crippen LogP contribution >= 0.6 is 11.8 Å². The van der Waals surface area contributed by atoms with Gasteiger partial charge in [0.25, 0.3) is 0 Å². The van der Waals surface area contributed by atoms with Gasteiger partial charge in [-0.3, -0.25) is 4.79 Å². The Morgan fingerprint density at radius 1 is 1.40 bits per heavy atom. The van der Waals surface area contributed by atoms with Crippen LogP contribution in [-0.4, -0.2) is 57.2 Å². The molecular formula is C15H22F3N3O3S.